The minimum Gasteiger partial charge on any atom is -0.394 e. The van der Waals surface area contributed by atoms with Gasteiger partial charge in [-0.25, -0.2) is 0 Å². The Bertz CT molecular complexity index is 1070. The second-order valence-corrected chi connectivity index (χ2v) is 17.3. The van der Waals surface area contributed by atoms with Gasteiger partial charge in [-0.05, 0) is 124 Å². The third kappa shape index (κ3) is 5.26. The molecule has 7 unspecified atom stereocenters. The van der Waals surface area contributed by atoms with Crippen LogP contribution in [0, 0.1) is 45.3 Å². The molecule has 0 bridgehead atoms. The van der Waals surface area contributed by atoms with Crippen LogP contribution in [0.2, 0.25) is 0 Å². The van der Waals surface area contributed by atoms with E-state index in [2.05, 4.69) is 54.5 Å². The second-order valence-electron chi connectivity index (χ2n) is 17.3. The van der Waals surface area contributed by atoms with Crippen LogP contribution < -0.4 is 0 Å². The highest BCUT2D eigenvalue weighted by Gasteiger charge is 2.71. The average Bonchev–Trinajstić information content (AvgIpc) is 3.32. The Morgan fingerprint density at radius 3 is 2.18 bits per heavy atom. The average molecular weight is 623 g/mol. The molecule has 5 aliphatic rings. The summed E-state index contributed by atoms with van der Waals surface area (Å²) in [4.78, 5) is 0. The molecule has 0 spiro atoms. The highest BCUT2D eigenvalue weighted by Crippen LogP contribution is 2.76. The van der Waals surface area contributed by atoms with Crippen molar-refractivity contribution in [2.45, 2.75) is 162 Å². The number of rotatable bonds is 7. The molecular weight excluding hydrogens is 560 g/mol. The lowest BCUT2D eigenvalue weighted by Crippen LogP contribution is -2.67. The Balaban J connectivity index is 1.37. The molecule has 15 atom stereocenters. The molecule has 0 amide bonds. The minimum atomic E-state index is -1.46. The predicted octanol–water partition coefficient (Wildman–Crippen LogP) is 4.32. The maximum atomic E-state index is 12.0. The molecule has 44 heavy (non-hydrogen) atoms. The van der Waals surface area contributed by atoms with Crippen molar-refractivity contribution >= 4 is 0 Å². The largest absolute Gasteiger partial charge is 0.394 e. The Labute approximate surface area is 265 Å². The first-order chi connectivity index (χ1) is 20.3. The summed E-state index contributed by atoms with van der Waals surface area (Å²) in [7, 11) is 0. The van der Waals surface area contributed by atoms with E-state index in [1.807, 2.05) is 6.92 Å². The fraction of sp³-hybridized carbons (Fsp3) is 0.944. The fourth-order valence-electron chi connectivity index (χ4n) is 11.9. The van der Waals surface area contributed by atoms with Crippen molar-refractivity contribution in [1.29, 1.82) is 0 Å². The van der Waals surface area contributed by atoms with Gasteiger partial charge >= 0.3 is 0 Å². The van der Waals surface area contributed by atoms with Crippen LogP contribution in [0.25, 0.3) is 0 Å². The van der Waals surface area contributed by atoms with E-state index in [1.165, 1.54) is 5.57 Å². The van der Waals surface area contributed by atoms with E-state index in [0.29, 0.717) is 18.3 Å². The second kappa shape index (κ2) is 11.8. The number of hydrogen-bond acceptors (Lipinski definition) is 8. The molecule has 1 aliphatic heterocycles. The van der Waals surface area contributed by atoms with E-state index in [1.54, 1.807) is 0 Å². The number of aliphatic hydroxyl groups is 6. The van der Waals surface area contributed by atoms with Crippen LogP contribution in [0.1, 0.15) is 113 Å². The van der Waals surface area contributed by atoms with Crippen molar-refractivity contribution in [1.82, 2.24) is 0 Å². The van der Waals surface area contributed by atoms with Gasteiger partial charge in [0.2, 0.25) is 0 Å². The normalized spacial score (nSPS) is 51.5. The van der Waals surface area contributed by atoms with Gasteiger partial charge < -0.3 is 40.1 Å². The summed E-state index contributed by atoms with van der Waals surface area (Å²) in [6.07, 6.45) is 3.15. The first-order valence-corrected chi connectivity index (χ1v) is 17.3. The van der Waals surface area contributed by atoms with Crippen LogP contribution in [-0.4, -0.2) is 85.8 Å². The topological polar surface area (TPSA) is 140 Å². The Morgan fingerprint density at radius 2 is 1.55 bits per heavy atom. The molecule has 1 saturated heterocycles. The molecule has 4 saturated carbocycles. The van der Waals surface area contributed by atoms with Gasteiger partial charge in [0.15, 0.2) is 6.29 Å². The summed E-state index contributed by atoms with van der Waals surface area (Å²) in [5.74, 6) is 0.792. The fourth-order valence-corrected chi connectivity index (χ4v) is 11.9. The quantitative estimate of drug-likeness (QED) is 0.182. The van der Waals surface area contributed by atoms with Crippen LogP contribution in [0.3, 0.4) is 0 Å². The lowest BCUT2D eigenvalue weighted by molar-refractivity contribution is -0.332. The zero-order valence-electron chi connectivity index (χ0n) is 28.5. The molecule has 8 heteroatoms. The van der Waals surface area contributed by atoms with Gasteiger partial charge in [0.1, 0.15) is 24.4 Å². The maximum absolute atomic E-state index is 12.0. The van der Waals surface area contributed by atoms with Crippen molar-refractivity contribution in [2.24, 2.45) is 45.3 Å². The molecule has 1 heterocycles. The summed E-state index contributed by atoms with van der Waals surface area (Å²) >= 11 is 0. The number of ether oxygens (including phenoxy) is 2. The molecule has 6 N–H and O–H groups in total. The smallest absolute Gasteiger partial charge is 0.186 e. The third-order valence-corrected chi connectivity index (χ3v) is 14.5. The first-order valence-electron chi connectivity index (χ1n) is 17.3. The summed E-state index contributed by atoms with van der Waals surface area (Å²) < 4.78 is 12.2. The molecule has 0 aromatic heterocycles. The zero-order chi connectivity index (χ0) is 32.6. The molecule has 0 aromatic carbocycles. The lowest BCUT2D eigenvalue weighted by Gasteiger charge is -2.70. The first kappa shape index (κ1) is 34.7. The van der Waals surface area contributed by atoms with E-state index in [-0.39, 0.29) is 39.6 Å². The molecule has 5 fully saturated rings. The number of allylic oxidation sites excluding steroid dienone is 2. The van der Waals surface area contributed by atoms with Crippen molar-refractivity contribution in [3.8, 4) is 0 Å². The van der Waals surface area contributed by atoms with Gasteiger partial charge in [0.25, 0.3) is 0 Å². The molecule has 254 valence electrons. The van der Waals surface area contributed by atoms with Gasteiger partial charge in [0, 0.05) is 0 Å². The van der Waals surface area contributed by atoms with Gasteiger partial charge in [-0.2, -0.15) is 0 Å². The monoisotopic (exact) mass is 622 g/mol. The molecule has 4 aliphatic carbocycles. The standard InChI is InChI=1S/C36H62O8/c1-20(2)10-9-14-36(8,42)21-11-16-35(7)27(21)22(38)18-25-33(5)15-13-26(32(3,4)24(33)12-17-34(25,35)6)44-31-30(41)29(40)28(39)23(19-37)43-31/h10,21-31,37-42H,9,11-19H2,1-8H3/t21-,22+,23?,24?,25+,26-,27?,28?,29?,30?,31?,33-,34+,35+,36-/m0/s1. The molecule has 5 rings (SSSR count). The zero-order valence-corrected chi connectivity index (χ0v) is 28.5. The van der Waals surface area contributed by atoms with Gasteiger partial charge in [-0.15, -0.1) is 0 Å². The van der Waals surface area contributed by atoms with Crippen LogP contribution in [0.5, 0.6) is 0 Å². The maximum Gasteiger partial charge on any atom is 0.186 e. The Hall–Kier alpha value is -0.580. The predicted molar refractivity (Wildman–Crippen MR) is 168 cm³/mol. The van der Waals surface area contributed by atoms with Crippen molar-refractivity contribution < 1.29 is 40.1 Å². The summed E-state index contributed by atoms with van der Waals surface area (Å²) in [6, 6.07) is 0. The molecule has 0 aromatic rings. The van der Waals surface area contributed by atoms with Gasteiger partial charge in [-0.3, -0.25) is 0 Å². The van der Waals surface area contributed by atoms with Crippen molar-refractivity contribution in [2.75, 3.05) is 6.61 Å². The highest BCUT2D eigenvalue weighted by atomic mass is 16.7. The van der Waals surface area contributed by atoms with Crippen molar-refractivity contribution in [3.63, 3.8) is 0 Å². The Kier molecular flexibility index (Phi) is 9.35. The van der Waals surface area contributed by atoms with Crippen LogP contribution in [0.4, 0.5) is 0 Å². The van der Waals surface area contributed by atoms with E-state index < -0.39 is 49.0 Å². The minimum absolute atomic E-state index is 0.0231. The number of hydrogen-bond donors (Lipinski definition) is 6. The van der Waals surface area contributed by atoms with E-state index in [4.69, 9.17) is 9.47 Å². The summed E-state index contributed by atoms with van der Waals surface area (Å²) in [6.45, 7) is 17.5. The van der Waals surface area contributed by atoms with E-state index in [9.17, 15) is 30.6 Å². The molecular formula is C36H62O8. The number of aliphatic hydroxyl groups excluding tert-OH is 5. The van der Waals surface area contributed by atoms with Crippen LogP contribution >= 0.6 is 0 Å². The summed E-state index contributed by atoms with van der Waals surface area (Å²) in [5.41, 5.74) is 0.122. The highest BCUT2D eigenvalue weighted by molar-refractivity contribution is 5.20. The molecule has 0 radical (unpaired) electrons. The van der Waals surface area contributed by atoms with Crippen molar-refractivity contribution in [3.05, 3.63) is 11.6 Å². The van der Waals surface area contributed by atoms with E-state index >= 15 is 0 Å². The summed E-state index contributed by atoms with van der Waals surface area (Å²) in [5, 5.41) is 64.8. The van der Waals surface area contributed by atoms with Gasteiger partial charge in [-0.1, -0.05) is 46.3 Å². The Morgan fingerprint density at radius 1 is 0.886 bits per heavy atom. The van der Waals surface area contributed by atoms with Crippen LogP contribution in [-0.2, 0) is 9.47 Å². The number of fused-ring (bicyclic) bond motifs is 5. The third-order valence-electron chi connectivity index (χ3n) is 14.5. The van der Waals surface area contributed by atoms with Crippen LogP contribution in [0.15, 0.2) is 11.6 Å². The lowest BCUT2D eigenvalue weighted by atomic mass is 9.35. The van der Waals surface area contributed by atoms with E-state index in [0.717, 1.165) is 51.4 Å². The van der Waals surface area contributed by atoms with Gasteiger partial charge in [0.05, 0.1) is 24.4 Å². The molecule has 8 nitrogen and oxygen atoms in total. The SMILES string of the molecule is CC(C)=CCC[C@](C)(O)[C@H]1CC[C@]2(C)C1[C@H](O)C[C@@H]1[C@@]3(C)CC[C@H](OC4OC(CO)C(O)C(O)C4O)C(C)(C)C3CC[C@]12C.